The summed E-state index contributed by atoms with van der Waals surface area (Å²) in [6.45, 7) is 11.3. The van der Waals surface area contributed by atoms with Crippen LogP contribution in [0.15, 0.2) is 18.2 Å². The lowest BCUT2D eigenvalue weighted by Crippen LogP contribution is -2.40. The van der Waals surface area contributed by atoms with Gasteiger partial charge in [0.1, 0.15) is 11.4 Å². The molecule has 7 nitrogen and oxygen atoms in total. The average Bonchev–Trinajstić information content (AvgIpc) is 2.88. The van der Waals surface area contributed by atoms with Gasteiger partial charge >= 0.3 is 12.0 Å². The Morgan fingerprint density at radius 2 is 1.79 bits per heavy atom. The molecule has 1 aliphatic heterocycles. The van der Waals surface area contributed by atoms with Gasteiger partial charge in [-0.25, -0.2) is 9.69 Å². The van der Waals surface area contributed by atoms with Crippen molar-refractivity contribution in [2.24, 2.45) is 5.92 Å². The Hall–Kier alpha value is -2.54. The second kappa shape index (κ2) is 8.86. The van der Waals surface area contributed by atoms with Gasteiger partial charge in [-0.1, -0.05) is 19.9 Å². The van der Waals surface area contributed by atoms with Gasteiger partial charge in [0.25, 0.3) is 5.78 Å². The highest BCUT2D eigenvalue weighted by atomic mass is 16.6. The third-order valence-corrected chi connectivity index (χ3v) is 4.75. The Kier molecular flexibility index (Phi) is 6.95. The van der Waals surface area contributed by atoms with Gasteiger partial charge in [0.15, 0.2) is 0 Å². The number of imide groups is 1. The van der Waals surface area contributed by atoms with Gasteiger partial charge < -0.3 is 9.47 Å². The molecule has 0 radical (unpaired) electrons. The number of nitrogens with zero attached hydrogens (tertiary/aromatic N) is 1. The van der Waals surface area contributed by atoms with Crippen LogP contribution in [0.1, 0.15) is 63.9 Å². The van der Waals surface area contributed by atoms with E-state index in [-0.39, 0.29) is 35.5 Å². The number of benzene rings is 1. The number of anilines is 1. The summed E-state index contributed by atoms with van der Waals surface area (Å²) in [7, 11) is 0. The maximum atomic E-state index is 12.6. The molecule has 29 heavy (non-hydrogen) atoms. The Bertz CT molecular complexity index is 823. The number of hydrogen-bond donors (Lipinski definition) is 0. The molecule has 1 aromatic carbocycles. The maximum absolute atomic E-state index is 12.6. The lowest BCUT2D eigenvalue weighted by Gasteiger charge is -2.23. The van der Waals surface area contributed by atoms with Crippen LogP contribution < -0.4 is 4.90 Å². The fourth-order valence-corrected chi connectivity index (χ4v) is 3.28. The van der Waals surface area contributed by atoms with Crippen molar-refractivity contribution in [3.05, 3.63) is 29.3 Å². The van der Waals surface area contributed by atoms with Gasteiger partial charge in [-0.05, 0) is 51.8 Å². The van der Waals surface area contributed by atoms with Crippen LogP contribution in [0.5, 0.6) is 0 Å². The number of Topliss-reactive ketones (excluding diaryl/α,β-unsaturated/α-hetero) is 2. The van der Waals surface area contributed by atoms with Gasteiger partial charge in [0.05, 0.1) is 17.4 Å². The van der Waals surface area contributed by atoms with E-state index < -0.39 is 23.4 Å². The SMILES string of the molecule is CCOC(CC)C(C)C(=O)Cc1ccc2c(c1)C(=O)C(=O)N2C(=O)OC(C)(C)C. The predicted octanol–water partition coefficient (Wildman–Crippen LogP) is 3.71. The molecule has 0 saturated heterocycles. The standard InChI is InChI=1S/C22H29NO6/c1-7-18(28-8-2)13(3)17(24)12-14-9-10-16-15(11-14)19(25)20(26)23(16)21(27)29-22(4,5)6/h9-11,13,18H,7-8,12H2,1-6H3. The van der Waals surface area contributed by atoms with E-state index in [0.717, 1.165) is 11.3 Å². The lowest BCUT2D eigenvalue weighted by molar-refractivity contribution is -0.126. The zero-order chi connectivity index (χ0) is 21.9. The molecule has 1 aliphatic rings. The quantitative estimate of drug-likeness (QED) is 0.645. The van der Waals surface area contributed by atoms with Gasteiger partial charge in [-0.3, -0.25) is 14.4 Å². The van der Waals surface area contributed by atoms with E-state index in [4.69, 9.17) is 9.47 Å². The molecule has 0 N–H and O–H groups in total. The van der Waals surface area contributed by atoms with Crippen LogP contribution in [-0.4, -0.2) is 41.9 Å². The Balaban J connectivity index is 2.23. The second-order valence-corrected chi connectivity index (χ2v) is 8.14. The molecule has 1 heterocycles. The van der Waals surface area contributed by atoms with Gasteiger partial charge in [-0.15, -0.1) is 0 Å². The van der Waals surface area contributed by atoms with Gasteiger partial charge in [-0.2, -0.15) is 0 Å². The highest BCUT2D eigenvalue weighted by molar-refractivity contribution is 6.55. The fraction of sp³-hybridized carbons (Fsp3) is 0.545. The van der Waals surface area contributed by atoms with E-state index in [2.05, 4.69) is 0 Å². The Labute approximate surface area is 171 Å². The number of rotatable bonds is 7. The lowest BCUT2D eigenvalue weighted by atomic mass is 9.92. The third-order valence-electron chi connectivity index (χ3n) is 4.75. The minimum Gasteiger partial charge on any atom is -0.443 e. The molecular weight excluding hydrogens is 374 g/mol. The Morgan fingerprint density at radius 3 is 2.34 bits per heavy atom. The summed E-state index contributed by atoms with van der Waals surface area (Å²) in [6.07, 6.45) is -0.211. The fourth-order valence-electron chi connectivity index (χ4n) is 3.28. The predicted molar refractivity (Wildman–Crippen MR) is 108 cm³/mol. The van der Waals surface area contributed by atoms with Crippen molar-refractivity contribution >= 4 is 29.3 Å². The molecule has 0 spiro atoms. The number of amides is 2. The van der Waals surface area contributed by atoms with Crippen LogP contribution in [0.4, 0.5) is 10.5 Å². The van der Waals surface area contributed by atoms with Crippen molar-refractivity contribution < 1.29 is 28.7 Å². The summed E-state index contributed by atoms with van der Waals surface area (Å²) in [5.74, 6) is -2.03. The van der Waals surface area contributed by atoms with Crippen molar-refractivity contribution in [2.45, 2.75) is 66.1 Å². The summed E-state index contributed by atoms with van der Waals surface area (Å²) >= 11 is 0. The van der Waals surface area contributed by atoms with Gasteiger partial charge in [0, 0.05) is 18.9 Å². The summed E-state index contributed by atoms with van der Waals surface area (Å²) in [6, 6.07) is 4.66. The van der Waals surface area contributed by atoms with Crippen molar-refractivity contribution in [1.82, 2.24) is 0 Å². The monoisotopic (exact) mass is 403 g/mol. The molecule has 0 bridgehead atoms. The molecule has 1 aromatic rings. The number of carbonyl (C=O) groups excluding carboxylic acids is 4. The summed E-state index contributed by atoms with van der Waals surface area (Å²) in [4.78, 5) is 50.5. The largest absolute Gasteiger partial charge is 0.443 e. The van der Waals surface area contributed by atoms with Crippen LogP contribution >= 0.6 is 0 Å². The zero-order valence-electron chi connectivity index (χ0n) is 17.9. The van der Waals surface area contributed by atoms with E-state index in [1.807, 2.05) is 20.8 Å². The summed E-state index contributed by atoms with van der Waals surface area (Å²) < 4.78 is 10.9. The normalized spacial score (nSPS) is 15.9. The van der Waals surface area contributed by atoms with Crippen molar-refractivity contribution in [3.8, 4) is 0 Å². The zero-order valence-corrected chi connectivity index (χ0v) is 17.9. The molecule has 158 valence electrons. The molecule has 7 heteroatoms. The highest BCUT2D eigenvalue weighted by Crippen LogP contribution is 2.31. The first-order chi connectivity index (χ1) is 13.5. The molecule has 2 atom stereocenters. The second-order valence-electron chi connectivity index (χ2n) is 8.14. The van der Waals surface area contributed by atoms with Crippen LogP contribution in [0.25, 0.3) is 0 Å². The van der Waals surface area contributed by atoms with E-state index >= 15 is 0 Å². The molecule has 2 rings (SSSR count). The van der Waals surface area contributed by atoms with Crippen molar-refractivity contribution in [3.63, 3.8) is 0 Å². The van der Waals surface area contributed by atoms with E-state index in [9.17, 15) is 19.2 Å². The number of fused-ring (bicyclic) bond motifs is 1. The van der Waals surface area contributed by atoms with Crippen LogP contribution in [0.2, 0.25) is 0 Å². The Morgan fingerprint density at radius 1 is 1.14 bits per heavy atom. The first kappa shape index (κ1) is 22.7. The maximum Gasteiger partial charge on any atom is 0.422 e. The van der Waals surface area contributed by atoms with Crippen molar-refractivity contribution in [1.29, 1.82) is 0 Å². The van der Waals surface area contributed by atoms with E-state index in [1.165, 1.54) is 12.1 Å². The molecular formula is C22H29NO6. The average molecular weight is 403 g/mol. The number of ketones is 2. The molecule has 2 unspecified atom stereocenters. The number of ether oxygens (including phenoxy) is 2. The molecule has 0 saturated carbocycles. The van der Waals surface area contributed by atoms with Crippen LogP contribution in [-0.2, 0) is 25.5 Å². The topological polar surface area (TPSA) is 90.0 Å². The van der Waals surface area contributed by atoms with Crippen molar-refractivity contribution in [2.75, 3.05) is 11.5 Å². The number of hydrogen-bond acceptors (Lipinski definition) is 6. The smallest absolute Gasteiger partial charge is 0.422 e. The molecule has 0 fully saturated rings. The highest BCUT2D eigenvalue weighted by Gasteiger charge is 2.42. The summed E-state index contributed by atoms with van der Waals surface area (Å²) in [5, 5.41) is 0. The molecule has 0 aromatic heterocycles. The first-order valence-corrected chi connectivity index (χ1v) is 9.89. The van der Waals surface area contributed by atoms with Crippen LogP contribution in [0, 0.1) is 5.92 Å². The molecule has 2 amide bonds. The van der Waals surface area contributed by atoms with E-state index in [0.29, 0.717) is 12.2 Å². The number of carbonyl (C=O) groups is 4. The minimum atomic E-state index is -0.950. The van der Waals surface area contributed by atoms with E-state index in [1.54, 1.807) is 26.8 Å². The third kappa shape index (κ3) is 5.09. The van der Waals surface area contributed by atoms with Crippen LogP contribution in [0.3, 0.4) is 0 Å². The molecule has 0 aliphatic carbocycles. The van der Waals surface area contributed by atoms with Gasteiger partial charge in [0.2, 0.25) is 0 Å². The minimum absolute atomic E-state index is 0.00831. The summed E-state index contributed by atoms with van der Waals surface area (Å²) in [5.41, 5.74) is 0.0937. The first-order valence-electron chi connectivity index (χ1n) is 9.89.